The quantitative estimate of drug-likeness (QED) is 0.460. The van der Waals surface area contributed by atoms with Crippen molar-refractivity contribution in [1.29, 1.82) is 0 Å². The van der Waals surface area contributed by atoms with Gasteiger partial charge in [0.2, 0.25) is 0 Å². The number of hydrazine groups is 1. The molecule has 0 aliphatic heterocycles. The van der Waals surface area contributed by atoms with Gasteiger partial charge in [-0.2, -0.15) is 0 Å². The Morgan fingerprint density at radius 1 is 1.38 bits per heavy atom. The van der Waals surface area contributed by atoms with Crippen molar-refractivity contribution in [2.45, 2.75) is 20.3 Å². The van der Waals surface area contributed by atoms with E-state index in [1.807, 2.05) is 0 Å². The highest BCUT2D eigenvalue weighted by atomic mass is 16.2. The van der Waals surface area contributed by atoms with Crippen molar-refractivity contribution < 1.29 is 4.79 Å². The van der Waals surface area contributed by atoms with Crippen LogP contribution in [-0.4, -0.2) is 24.5 Å². The fraction of sp³-hybridized carbons (Fsp3) is 0.417. The molecule has 0 aliphatic carbocycles. The fourth-order valence-corrected chi connectivity index (χ4v) is 1.47. The Balaban J connectivity index is 2.55. The molecule has 1 aromatic carbocycles. The summed E-state index contributed by atoms with van der Waals surface area (Å²) in [5.74, 6) is 5.04. The van der Waals surface area contributed by atoms with Gasteiger partial charge in [0.15, 0.2) is 0 Å². The van der Waals surface area contributed by atoms with E-state index in [1.54, 1.807) is 11.9 Å². The molecule has 16 heavy (non-hydrogen) atoms. The number of aryl methyl sites for hydroxylation is 2. The van der Waals surface area contributed by atoms with Crippen LogP contribution in [-0.2, 0) is 6.42 Å². The van der Waals surface area contributed by atoms with E-state index in [-0.39, 0.29) is 6.03 Å². The Kier molecular flexibility index (Phi) is 4.31. The van der Waals surface area contributed by atoms with Gasteiger partial charge in [-0.3, -0.25) is 5.43 Å². The van der Waals surface area contributed by atoms with Gasteiger partial charge in [0.1, 0.15) is 0 Å². The zero-order valence-electron chi connectivity index (χ0n) is 10.1. The maximum Gasteiger partial charge on any atom is 0.331 e. The number of hydrogen-bond acceptors (Lipinski definition) is 2. The van der Waals surface area contributed by atoms with Crippen molar-refractivity contribution in [3.63, 3.8) is 0 Å². The predicted molar refractivity (Wildman–Crippen MR) is 65.0 cm³/mol. The van der Waals surface area contributed by atoms with Crippen LogP contribution in [0, 0.1) is 13.8 Å². The maximum atomic E-state index is 11.1. The van der Waals surface area contributed by atoms with E-state index in [0.29, 0.717) is 6.54 Å². The number of urea groups is 1. The lowest BCUT2D eigenvalue weighted by molar-refractivity contribution is 0.209. The minimum Gasteiger partial charge on any atom is -0.326 e. The van der Waals surface area contributed by atoms with E-state index >= 15 is 0 Å². The minimum atomic E-state index is -0.260. The molecule has 2 amide bonds. The molecule has 0 spiro atoms. The Hall–Kier alpha value is -1.55. The molecule has 0 aromatic heterocycles. The van der Waals surface area contributed by atoms with Crippen LogP contribution in [0.2, 0.25) is 0 Å². The molecule has 88 valence electrons. The molecular weight excluding hydrogens is 202 g/mol. The second kappa shape index (κ2) is 5.51. The summed E-state index contributed by atoms with van der Waals surface area (Å²) in [5, 5.41) is 0. The van der Waals surface area contributed by atoms with Crippen molar-refractivity contribution in [1.82, 2.24) is 10.3 Å². The van der Waals surface area contributed by atoms with Gasteiger partial charge in [-0.1, -0.05) is 18.2 Å². The smallest absolute Gasteiger partial charge is 0.326 e. The molecule has 0 fully saturated rings. The molecule has 0 unspecified atom stereocenters. The summed E-state index contributed by atoms with van der Waals surface area (Å²) in [5.41, 5.74) is 5.91. The van der Waals surface area contributed by atoms with Crippen LogP contribution < -0.4 is 11.3 Å². The number of carbonyl (C=O) groups is 1. The lowest BCUT2D eigenvalue weighted by atomic mass is 10.0. The number of carbonyl (C=O) groups excluding carboxylic acids is 1. The molecule has 0 saturated heterocycles. The Bertz CT molecular complexity index is 377. The van der Waals surface area contributed by atoms with Crippen LogP contribution >= 0.6 is 0 Å². The van der Waals surface area contributed by atoms with Crippen molar-refractivity contribution in [3.05, 3.63) is 34.9 Å². The molecule has 0 radical (unpaired) electrons. The van der Waals surface area contributed by atoms with Gasteiger partial charge in [-0.05, 0) is 37.0 Å². The number of rotatable bonds is 3. The largest absolute Gasteiger partial charge is 0.331 e. The zero-order valence-corrected chi connectivity index (χ0v) is 10.1. The SMILES string of the molecule is Cc1ccc(CCN(C)C(=O)NN)cc1C. The van der Waals surface area contributed by atoms with E-state index in [2.05, 4.69) is 37.5 Å². The number of hydrogen-bond donors (Lipinski definition) is 2. The molecule has 0 bridgehead atoms. The van der Waals surface area contributed by atoms with Crippen molar-refractivity contribution in [2.24, 2.45) is 5.84 Å². The Labute approximate surface area is 96.4 Å². The van der Waals surface area contributed by atoms with Gasteiger partial charge >= 0.3 is 6.03 Å². The first-order valence-corrected chi connectivity index (χ1v) is 5.32. The molecule has 3 N–H and O–H groups in total. The van der Waals surface area contributed by atoms with Gasteiger partial charge < -0.3 is 4.90 Å². The first kappa shape index (κ1) is 12.5. The second-order valence-electron chi connectivity index (χ2n) is 4.04. The van der Waals surface area contributed by atoms with Crippen LogP contribution in [0.15, 0.2) is 18.2 Å². The summed E-state index contributed by atoms with van der Waals surface area (Å²) in [7, 11) is 1.73. The predicted octanol–water partition coefficient (Wildman–Crippen LogP) is 1.36. The van der Waals surface area contributed by atoms with Crippen molar-refractivity contribution >= 4 is 6.03 Å². The number of nitrogens with zero attached hydrogens (tertiary/aromatic N) is 1. The third-order valence-electron chi connectivity index (χ3n) is 2.78. The van der Waals surface area contributed by atoms with Gasteiger partial charge in [0.05, 0.1) is 0 Å². The molecule has 0 atom stereocenters. The molecule has 4 nitrogen and oxygen atoms in total. The van der Waals surface area contributed by atoms with Crippen LogP contribution in [0.5, 0.6) is 0 Å². The number of amides is 2. The normalized spacial score (nSPS) is 10.0. The van der Waals surface area contributed by atoms with Gasteiger partial charge in [0, 0.05) is 13.6 Å². The molecule has 1 rings (SSSR count). The Morgan fingerprint density at radius 2 is 2.06 bits per heavy atom. The van der Waals surface area contributed by atoms with Crippen LogP contribution in [0.3, 0.4) is 0 Å². The average Bonchev–Trinajstić information content (AvgIpc) is 2.29. The summed E-state index contributed by atoms with van der Waals surface area (Å²) in [6, 6.07) is 6.09. The molecule has 0 saturated carbocycles. The zero-order chi connectivity index (χ0) is 12.1. The van der Waals surface area contributed by atoms with E-state index in [1.165, 1.54) is 16.7 Å². The van der Waals surface area contributed by atoms with Gasteiger partial charge in [0.25, 0.3) is 0 Å². The first-order valence-electron chi connectivity index (χ1n) is 5.32. The molecule has 1 aromatic rings. The van der Waals surface area contributed by atoms with Crippen molar-refractivity contribution in [3.8, 4) is 0 Å². The lowest BCUT2D eigenvalue weighted by Gasteiger charge is -2.16. The molecule has 4 heteroatoms. The summed E-state index contributed by atoms with van der Waals surface area (Å²) >= 11 is 0. The number of benzene rings is 1. The molecule has 0 heterocycles. The van der Waals surface area contributed by atoms with Crippen LogP contribution in [0.25, 0.3) is 0 Å². The summed E-state index contributed by atoms with van der Waals surface area (Å²) in [4.78, 5) is 12.7. The maximum absolute atomic E-state index is 11.1. The third-order valence-corrected chi connectivity index (χ3v) is 2.78. The summed E-state index contributed by atoms with van der Waals surface area (Å²) in [6.45, 7) is 4.84. The minimum absolute atomic E-state index is 0.260. The highest BCUT2D eigenvalue weighted by molar-refractivity contribution is 5.73. The topological polar surface area (TPSA) is 58.4 Å². The Morgan fingerprint density at radius 3 is 2.62 bits per heavy atom. The number of likely N-dealkylation sites (N-methyl/N-ethyl adjacent to an activating group) is 1. The highest BCUT2D eigenvalue weighted by Crippen LogP contribution is 2.10. The van der Waals surface area contributed by atoms with Crippen LogP contribution in [0.4, 0.5) is 4.79 Å². The lowest BCUT2D eigenvalue weighted by Crippen LogP contribution is -2.41. The second-order valence-corrected chi connectivity index (χ2v) is 4.04. The van der Waals surface area contributed by atoms with E-state index in [0.717, 1.165) is 6.42 Å². The summed E-state index contributed by atoms with van der Waals surface area (Å²) < 4.78 is 0. The van der Waals surface area contributed by atoms with Crippen LogP contribution in [0.1, 0.15) is 16.7 Å². The number of nitrogens with one attached hydrogen (secondary N) is 1. The van der Waals surface area contributed by atoms with E-state index in [9.17, 15) is 4.79 Å². The number of nitrogens with two attached hydrogens (primary N) is 1. The van der Waals surface area contributed by atoms with Gasteiger partial charge in [-0.15, -0.1) is 0 Å². The monoisotopic (exact) mass is 221 g/mol. The molecule has 0 aliphatic rings. The average molecular weight is 221 g/mol. The van der Waals surface area contributed by atoms with E-state index < -0.39 is 0 Å². The standard InChI is InChI=1S/C12H19N3O/c1-9-4-5-11(8-10(9)2)6-7-15(3)12(16)14-13/h4-5,8H,6-7,13H2,1-3H3,(H,14,16). The summed E-state index contributed by atoms with van der Waals surface area (Å²) in [6.07, 6.45) is 0.838. The van der Waals surface area contributed by atoms with E-state index in [4.69, 9.17) is 5.84 Å². The third kappa shape index (κ3) is 3.24. The van der Waals surface area contributed by atoms with Gasteiger partial charge in [-0.25, -0.2) is 10.6 Å². The first-order chi connectivity index (χ1) is 7.54. The van der Waals surface area contributed by atoms with Crippen molar-refractivity contribution in [2.75, 3.05) is 13.6 Å². The highest BCUT2D eigenvalue weighted by Gasteiger charge is 2.05. The fourth-order valence-electron chi connectivity index (χ4n) is 1.47. The molecular formula is C12H19N3O.